The van der Waals surface area contributed by atoms with E-state index in [1.165, 1.54) is 18.2 Å². The number of ether oxygens (including phenoxy) is 1. The van der Waals surface area contributed by atoms with Gasteiger partial charge in [-0.3, -0.25) is 9.63 Å². The molecule has 0 aromatic heterocycles. The van der Waals surface area contributed by atoms with Crippen LogP contribution in [0.3, 0.4) is 0 Å². The van der Waals surface area contributed by atoms with Crippen molar-refractivity contribution in [3.63, 3.8) is 0 Å². The third-order valence-electron chi connectivity index (χ3n) is 8.91. The number of halogens is 1. The van der Waals surface area contributed by atoms with E-state index in [9.17, 15) is 19.1 Å². The van der Waals surface area contributed by atoms with Crippen molar-refractivity contribution in [3.05, 3.63) is 78.1 Å². The molecule has 1 saturated carbocycles. The molecule has 1 unspecified atom stereocenters. The molecular formula is C28H28FNO5. The van der Waals surface area contributed by atoms with Gasteiger partial charge in [0.1, 0.15) is 17.5 Å². The molecule has 2 aromatic carbocycles. The first-order valence-corrected chi connectivity index (χ1v) is 12.2. The Labute approximate surface area is 203 Å². The average molecular weight is 478 g/mol. The highest BCUT2D eigenvalue weighted by atomic mass is 19.1. The lowest BCUT2D eigenvalue weighted by molar-refractivity contribution is -0.169. The predicted octanol–water partition coefficient (Wildman–Crippen LogP) is 4.30. The summed E-state index contributed by atoms with van der Waals surface area (Å²) in [5.41, 5.74) is -2.44. The summed E-state index contributed by atoms with van der Waals surface area (Å²) < 4.78 is 19.7. The fourth-order valence-corrected chi connectivity index (χ4v) is 6.77. The lowest BCUT2D eigenvalue weighted by Gasteiger charge is -2.43. The first kappa shape index (κ1) is 22.4. The van der Waals surface area contributed by atoms with Crippen LogP contribution in [0.1, 0.15) is 44.7 Å². The minimum absolute atomic E-state index is 0.198. The first-order chi connectivity index (χ1) is 16.7. The molecule has 4 aliphatic rings. The molecule has 7 heteroatoms. The van der Waals surface area contributed by atoms with Crippen molar-refractivity contribution in [2.75, 3.05) is 5.06 Å². The Kier molecular flexibility index (Phi) is 4.80. The third kappa shape index (κ3) is 2.88. The van der Waals surface area contributed by atoms with Gasteiger partial charge in [0.25, 0.3) is 0 Å². The number of hydrogen-bond donors (Lipinski definition) is 1. The van der Waals surface area contributed by atoms with Crippen molar-refractivity contribution in [2.24, 2.45) is 17.3 Å². The predicted molar refractivity (Wildman–Crippen MR) is 125 cm³/mol. The van der Waals surface area contributed by atoms with Crippen molar-refractivity contribution < 1.29 is 28.7 Å². The molecule has 2 aromatic rings. The lowest BCUT2D eigenvalue weighted by Crippen LogP contribution is -2.57. The monoisotopic (exact) mass is 477 g/mol. The molecule has 2 aliphatic carbocycles. The van der Waals surface area contributed by atoms with Crippen LogP contribution in [0.4, 0.5) is 10.1 Å². The van der Waals surface area contributed by atoms with Gasteiger partial charge in [-0.15, -0.1) is 0 Å². The molecule has 2 aliphatic heterocycles. The highest BCUT2D eigenvalue weighted by Crippen LogP contribution is 2.61. The fraction of sp³-hybridized carbons (Fsp3) is 0.429. The first-order valence-electron chi connectivity index (χ1n) is 12.2. The van der Waals surface area contributed by atoms with Gasteiger partial charge in [0.05, 0.1) is 17.1 Å². The van der Waals surface area contributed by atoms with Crippen LogP contribution in [0.25, 0.3) is 0 Å². The molecule has 7 atom stereocenters. The molecule has 35 heavy (non-hydrogen) atoms. The van der Waals surface area contributed by atoms with Gasteiger partial charge in [0, 0.05) is 12.3 Å². The van der Waals surface area contributed by atoms with Gasteiger partial charge in [-0.2, -0.15) is 0 Å². The van der Waals surface area contributed by atoms with Crippen LogP contribution in [-0.2, 0) is 19.2 Å². The van der Waals surface area contributed by atoms with Crippen LogP contribution in [0.2, 0.25) is 0 Å². The SMILES string of the molecule is C[C@H]1CC[C@@H]2[C@@H](OC(=O)C23C[C@H](c2ccc(F)cc2)N(c2ccccc2)O3)[C@]2(C)C(=O)C=C[C@@]12O. The standard InChI is InChI=1S/C28H28FNO5/c1-17-8-13-21-24(26(2)23(31)14-15-28(17,26)33)34-25(32)27(21)16-22(18-9-11-19(29)12-10-18)30(35-27)20-6-4-3-5-7-20/h3-7,9-12,14-15,17,21-22,24,33H,8,13,16H2,1-2H3/t17-,21+,22+,24+,26-,27?,28+/m0/s1. The van der Waals surface area contributed by atoms with Crippen molar-refractivity contribution in [1.82, 2.24) is 0 Å². The largest absolute Gasteiger partial charge is 0.459 e. The van der Waals surface area contributed by atoms with Gasteiger partial charge in [0.15, 0.2) is 5.78 Å². The number of ketones is 1. The summed E-state index contributed by atoms with van der Waals surface area (Å²) in [6.07, 6.45) is 3.64. The number of carbonyl (C=O) groups excluding carboxylic acids is 2. The number of benzene rings is 2. The number of carbonyl (C=O) groups is 2. The molecule has 1 N–H and O–H groups in total. The van der Waals surface area contributed by atoms with Crippen LogP contribution >= 0.6 is 0 Å². The van der Waals surface area contributed by atoms with Crippen molar-refractivity contribution in [2.45, 2.75) is 56.5 Å². The molecule has 6 nitrogen and oxygen atoms in total. The zero-order valence-electron chi connectivity index (χ0n) is 19.7. The quantitative estimate of drug-likeness (QED) is 0.651. The molecule has 1 spiro atoms. The minimum atomic E-state index is -1.40. The fourth-order valence-electron chi connectivity index (χ4n) is 6.77. The molecule has 2 heterocycles. The number of allylic oxidation sites excluding steroid dienone is 1. The Morgan fingerprint density at radius 2 is 1.77 bits per heavy atom. The van der Waals surface area contributed by atoms with Gasteiger partial charge in [-0.1, -0.05) is 37.3 Å². The molecule has 6 rings (SSSR count). The number of anilines is 1. The number of rotatable bonds is 2. The van der Waals surface area contributed by atoms with Gasteiger partial charge in [0.2, 0.25) is 5.60 Å². The van der Waals surface area contributed by atoms with E-state index in [0.717, 1.165) is 11.3 Å². The van der Waals surface area contributed by atoms with E-state index < -0.39 is 34.6 Å². The van der Waals surface area contributed by atoms with Crippen molar-refractivity contribution >= 4 is 17.4 Å². The lowest BCUT2D eigenvalue weighted by atomic mass is 9.63. The second kappa shape index (κ2) is 7.48. The summed E-state index contributed by atoms with van der Waals surface area (Å²) >= 11 is 0. The number of para-hydroxylation sites is 1. The van der Waals surface area contributed by atoms with Gasteiger partial charge < -0.3 is 9.84 Å². The Balaban J connectivity index is 1.46. The Bertz CT molecular complexity index is 1220. The summed E-state index contributed by atoms with van der Waals surface area (Å²) in [5.74, 6) is -1.73. The van der Waals surface area contributed by atoms with E-state index in [1.807, 2.05) is 37.3 Å². The van der Waals surface area contributed by atoms with E-state index in [0.29, 0.717) is 12.8 Å². The molecule has 3 fully saturated rings. The zero-order chi connectivity index (χ0) is 24.6. The second-order valence-electron chi connectivity index (χ2n) is 10.5. The normalized spacial score (nSPS) is 40.1. The Morgan fingerprint density at radius 3 is 2.49 bits per heavy atom. The average Bonchev–Trinajstić information content (AvgIpc) is 3.45. The Morgan fingerprint density at radius 1 is 1.06 bits per heavy atom. The number of esters is 1. The topological polar surface area (TPSA) is 76.1 Å². The van der Waals surface area contributed by atoms with Crippen LogP contribution in [0.5, 0.6) is 0 Å². The number of nitrogens with zero attached hydrogens (tertiary/aromatic N) is 1. The molecule has 182 valence electrons. The molecule has 0 amide bonds. The molecule has 0 bridgehead atoms. The van der Waals surface area contributed by atoms with E-state index in [-0.39, 0.29) is 30.0 Å². The zero-order valence-corrected chi connectivity index (χ0v) is 19.7. The van der Waals surface area contributed by atoms with Gasteiger partial charge in [-0.05, 0) is 67.7 Å². The molecule has 2 saturated heterocycles. The van der Waals surface area contributed by atoms with Crippen molar-refractivity contribution in [1.29, 1.82) is 0 Å². The van der Waals surface area contributed by atoms with Crippen molar-refractivity contribution in [3.8, 4) is 0 Å². The summed E-state index contributed by atoms with van der Waals surface area (Å²) in [6.45, 7) is 3.65. The molecule has 0 radical (unpaired) electrons. The number of hydroxylamine groups is 1. The maximum atomic E-state index is 13.7. The third-order valence-corrected chi connectivity index (χ3v) is 8.91. The molecular weight excluding hydrogens is 449 g/mol. The van der Waals surface area contributed by atoms with Crippen LogP contribution in [-0.4, -0.2) is 34.2 Å². The van der Waals surface area contributed by atoms with Crippen LogP contribution in [0, 0.1) is 23.1 Å². The second-order valence-corrected chi connectivity index (χ2v) is 10.5. The summed E-state index contributed by atoms with van der Waals surface area (Å²) in [6, 6.07) is 15.3. The van der Waals surface area contributed by atoms with Crippen LogP contribution in [0.15, 0.2) is 66.7 Å². The van der Waals surface area contributed by atoms with Gasteiger partial charge in [-0.25, -0.2) is 14.2 Å². The van der Waals surface area contributed by atoms with E-state index in [4.69, 9.17) is 9.57 Å². The summed E-state index contributed by atoms with van der Waals surface area (Å²) in [5, 5.41) is 13.4. The number of fused-ring (bicyclic) bond motifs is 4. The van der Waals surface area contributed by atoms with E-state index >= 15 is 0 Å². The summed E-state index contributed by atoms with van der Waals surface area (Å²) in [7, 11) is 0. The maximum absolute atomic E-state index is 13.7. The Hall–Kier alpha value is -3.03. The van der Waals surface area contributed by atoms with E-state index in [2.05, 4.69) is 0 Å². The number of aliphatic hydroxyl groups is 1. The minimum Gasteiger partial charge on any atom is -0.459 e. The highest BCUT2D eigenvalue weighted by Gasteiger charge is 2.74. The highest BCUT2D eigenvalue weighted by molar-refractivity contribution is 6.00. The summed E-state index contributed by atoms with van der Waals surface area (Å²) in [4.78, 5) is 33.4. The number of hydrogen-bond acceptors (Lipinski definition) is 6. The van der Waals surface area contributed by atoms with E-state index in [1.54, 1.807) is 30.2 Å². The van der Waals surface area contributed by atoms with Gasteiger partial charge >= 0.3 is 5.97 Å². The smallest absolute Gasteiger partial charge is 0.342 e. The maximum Gasteiger partial charge on any atom is 0.342 e. The van der Waals surface area contributed by atoms with Crippen LogP contribution < -0.4 is 5.06 Å².